The van der Waals surface area contributed by atoms with Crippen molar-refractivity contribution in [1.29, 1.82) is 0 Å². The maximum Gasteiger partial charge on any atom is 0.363 e. The molecule has 4 heteroatoms. The van der Waals surface area contributed by atoms with E-state index < -0.39 is 0 Å². The lowest BCUT2D eigenvalue weighted by Gasteiger charge is -1.77. The Labute approximate surface area is 141 Å². The Morgan fingerprint density at radius 2 is 1.12 bits per heavy atom. The Balaban J connectivity index is 1.85. The zero-order chi connectivity index (χ0) is 15.9. The number of fused-ring (bicyclic) bond motifs is 8. The highest BCUT2D eigenvalue weighted by molar-refractivity contribution is 7.23. The van der Waals surface area contributed by atoms with Gasteiger partial charge in [0.2, 0.25) is 0 Å². The maximum absolute atomic E-state index is 5.84. The van der Waals surface area contributed by atoms with E-state index in [-0.39, 0.29) is 0 Å². The molecule has 3 nitrogen and oxygen atoms in total. The highest BCUT2D eigenvalue weighted by Gasteiger charge is 2.19. The Morgan fingerprint density at radius 1 is 0.583 bits per heavy atom. The summed E-state index contributed by atoms with van der Waals surface area (Å²) in [5.74, 6) is 3.07. The summed E-state index contributed by atoms with van der Waals surface area (Å²) >= 11 is 1.69. The molecule has 0 N–H and O–H groups in total. The quantitative estimate of drug-likeness (QED) is 0.299. The second-order valence-electron chi connectivity index (χ2n) is 5.54. The summed E-state index contributed by atoms with van der Waals surface area (Å²) in [6, 6.07) is 15.9. The predicted octanol–water partition coefficient (Wildman–Crippen LogP) is 6.61. The third kappa shape index (κ3) is 2.57. The highest BCUT2D eigenvalue weighted by Crippen LogP contribution is 2.25. The molecule has 2 aliphatic heterocycles. The molecule has 0 saturated heterocycles. The average molecular weight is 332 g/mol. The van der Waals surface area contributed by atoms with E-state index in [1.54, 1.807) is 11.3 Å². The molecule has 0 fully saturated rings. The van der Waals surface area contributed by atoms with Crippen LogP contribution in [0.15, 0.2) is 61.8 Å². The molecule has 0 atom stereocenters. The zero-order valence-corrected chi connectivity index (χ0v) is 13.4. The van der Waals surface area contributed by atoms with E-state index in [9.17, 15) is 0 Å². The summed E-state index contributed by atoms with van der Waals surface area (Å²) in [4.78, 5) is 0. The van der Waals surface area contributed by atoms with Crippen molar-refractivity contribution in [1.82, 2.24) is 0 Å². The minimum atomic E-state index is 0.742. The van der Waals surface area contributed by atoms with E-state index >= 15 is 0 Å². The van der Waals surface area contributed by atoms with Gasteiger partial charge >= 0.3 is 23.0 Å². The van der Waals surface area contributed by atoms with Crippen LogP contribution >= 0.6 is 11.3 Å². The Morgan fingerprint density at radius 3 is 1.83 bits per heavy atom. The van der Waals surface area contributed by atoms with Crippen molar-refractivity contribution in [3.8, 4) is 0 Å². The molecule has 0 amide bonds. The lowest BCUT2D eigenvalue weighted by atomic mass is 10.3. The second kappa shape index (κ2) is 5.28. The van der Waals surface area contributed by atoms with Gasteiger partial charge in [-0.25, -0.2) is 8.83 Å². The van der Waals surface area contributed by atoms with Gasteiger partial charge < -0.3 is 4.42 Å². The number of thiophene rings is 1. The van der Waals surface area contributed by atoms with Gasteiger partial charge in [-0.2, -0.15) is 0 Å². The summed E-state index contributed by atoms with van der Waals surface area (Å²) in [6.45, 7) is 0. The van der Waals surface area contributed by atoms with Gasteiger partial charge in [0.25, 0.3) is 0 Å². The van der Waals surface area contributed by atoms with Gasteiger partial charge in [0.15, 0.2) is 0 Å². The average Bonchev–Trinajstić information content (AvgIpc) is 3.32. The van der Waals surface area contributed by atoms with Crippen LogP contribution in [-0.4, -0.2) is 0 Å². The first kappa shape index (κ1) is 13.5. The van der Waals surface area contributed by atoms with Gasteiger partial charge in [0, 0.05) is 9.40 Å². The number of hydrogen-bond donors (Lipinski definition) is 0. The van der Waals surface area contributed by atoms with Gasteiger partial charge in [0.1, 0.15) is 17.2 Å². The fourth-order valence-corrected chi connectivity index (χ4v) is 3.55. The molecule has 5 rings (SSSR count). The molecule has 0 aromatic carbocycles. The van der Waals surface area contributed by atoms with Crippen molar-refractivity contribution in [3.63, 3.8) is 0 Å². The van der Waals surface area contributed by atoms with Crippen LogP contribution in [-0.2, 0) is 0 Å². The first-order valence-corrected chi connectivity index (χ1v) is 8.40. The lowest BCUT2D eigenvalue weighted by molar-refractivity contribution is 0.524. The van der Waals surface area contributed by atoms with Gasteiger partial charge in [-0.1, -0.05) is 0 Å². The molecule has 0 spiro atoms. The van der Waals surface area contributed by atoms with Gasteiger partial charge in [0.05, 0.1) is 36.4 Å². The largest absolute Gasteiger partial charge is 0.457 e. The molecule has 0 unspecified atom stereocenters. The molecule has 5 heterocycles. The molecule has 3 aromatic rings. The molecule has 114 valence electrons. The van der Waals surface area contributed by atoms with E-state index in [1.807, 2.05) is 60.7 Å². The topological polar surface area (TPSA) is 35.7 Å². The van der Waals surface area contributed by atoms with Crippen LogP contribution in [0.2, 0.25) is 0 Å². The van der Waals surface area contributed by atoms with E-state index in [0.717, 1.165) is 43.6 Å². The molecular weight excluding hydrogens is 320 g/mol. The Kier molecular flexibility index (Phi) is 2.96. The molecule has 3 aromatic heterocycles. The van der Waals surface area contributed by atoms with Crippen LogP contribution in [0.5, 0.6) is 0 Å². The molecular formula is C20H12O3S+2. The Hall–Kier alpha value is -2.98. The summed E-state index contributed by atoms with van der Waals surface area (Å²) in [6.07, 6.45) is 7.73. The van der Waals surface area contributed by atoms with Crippen LogP contribution in [0, 0.1) is 0 Å². The lowest BCUT2D eigenvalue weighted by Crippen LogP contribution is -1.65. The summed E-state index contributed by atoms with van der Waals surface area (Å²) in [7, 11) is 0. The van der Waals surface area contributed by atoms with Crippen LogP contribution in [0.1, 0.15) is 23.0 Å². The number of rotatable bonds is 0. The molecule has 8 bridgehead atoms. The molecule has 24 heavy (non-hydrogen) atoms. The van der Waals surface area contributed by atoms with E-state index in [2.05, 4.69) is 12.1 Å². The van der Waals surface area contributed by atoms with Crippen LogP contribution in [0.3, 0.4) is 0 Å². The maximum atomic E-state index is 5.84. The fourth-order valence-electron chi connectivity index (χ4n) is 2.66. The van der Waals surface area contributed by atoms with Crippen molar-refractivity contribution >= 4 is 56.2 Å². The van der Waals surface area contributed by atoms with E-state index in [0.29, 0.717) is 0 Å². The summed E-state index contributed by atoms with van der Waals surface area (Å²) in [5.41, 5.74) is 1.58. The fraction of sp³-hybridized carbons (Fsp3) is 0. The molecule has 0 radical (unpaired) electrons. The van der Waals surface area contributed by atoms with E-state index in [1.165, 1.54) is 0 Å². The minimum Gasteiger partial charge on any atom is -0.457 e. The Bertz CT molecular complexity index is 1070. The van der Waals surface area contributed by atoms with Crippen molar-refractivity contribution < 1.29 is 13.3 Å². The normalized spacial score (nSPS) is 12.7. The summed E-state index contributed by atoms with van der Waals surface area (Å²) in [5, 5.41) is 0. The monoisotopic (exact) mass is 332 g/mol. The highest BCUT2D eigenvalue weighted by atomic mass is 32.1. The van der Waals surface area contributed by atoms with Crippen LogP contribution in [0.25, 0.3) is 44.9 Å². The van der Waals surface area contributed by atoms with Gasteiger partial charge in [-0.3, -0.25) is 0 Å². The molecule has 0 aliphatic carbocycles. The smallest absolute Gasteiger partial charge is 0.363 e. The molecule has 2 aliphatic rings. The molecule has 0 saturated carbocycles. The van der Waals surface area contributed by atoms with Crippen molar-refractivity contribution in [3.05, 3.63) is 71.6 Å². The second-order valence-corrected chi connectivity index (χ2v) is 6.68. The first-order valence-electron chi connectivity index (χ1n) is 7.59. The first-order chi connectivity index (χ1) is 11.8. The van der Waals surface area contributed by atoms with Gasteiger partial charge in [-0.05, 0) is 30.3 Å². The SMILES string of the molecule is C1=Cc2cc3ccc(cc4ccc(cc5[o+]c(cc1[o+]2)C=C5)s4)o3. The van der Waals surface area contributed by atoms with E-state index in [4.69, 9.17) is 13.3 Å². The van der Waals surface area contributed by atoms with Crippen LogP contribution in [0.4, 0.5) is 0 Å². The predicted molar refractivity (Wildman–Crippen MR) is 98.1 cm³/mol. The standard InChI is InChI=1S/C20H12O3S/c1-2-14-10-16-4-6-18(23-16)12-20-8-7-19(24-20)11-17-5-3-15(22-17)9-13(1)21-14/h1-12H/q+2. The summed E-state index contributed by atoms with van der Waals surface area (Å²) < 4.78 is 19.7. The number of furan rings is 1. The van der Waals surface area contributed by atoms with Crippen molar-refractivity contribution in [2.45, 2.75) is 0 Å². The minimum absolute atomic E-state index is 0.742. The van der Waals surface area contributed by atoms with Crippen LogP contribution < -0.4 is 0 Å². The van der Waals surface area contributed by atoms with Gasteiger partial charge in [-0.15, -0.1) is 11.3 Å². The number of hydrogen-bond acceptors (Lipinski definition) is 2. The third-order valence-electron chi connectivity index (χ3n) is 3.73. The van der Waals surface area contributed by atoms with Crippen molar-refractivity contribution in [2.24, 2.45) is 0 Å². The third-order valence-corrected chi connectivity index (χ3v) is 4.71. The van der Waals surface area contributed by atoms with Crippen molar-refractivity contribution in [2.75, 3.05) is 0 Å². The zero-order valence-electron chi connectivity index (χ0n) is 12.6.